The molecule has 116 valence electrons. The first-order valence-electron chi connectivity index (χ1n) is 9.08. The number of piperidine rings is 1. The van der Waals surface area contributed by atoms with Crippen molar-refractivity contribution in [1.82, 2.24) is 9.99 Å². The number of nitrogens with one attached hydrogen (secondary N) is 1. The molecule has 2 saturated carbocycles. The number of hydrogen-bond acceptors (Lipinski definition) is 2. The summed E-state index contributed by atoms with van der Waals surface area (Å²) in [4.78, 5) is 2.89. The molecule has 0 spiro atoms. The van der Waals surface area contributed by atoms with Gasteiger partial charge in [0, 0.05) is 25.2 Å². The Hall–Kier alpha value is 0.350. The van der Waals surface area contributed by atoms with Gasteiger partial charge in [-0.1, -0.05) is 54.3 Å². The standard InChI is InChI=1S/C17H33N2P/c20-18-17-14-10-11-15(17)13-19(12-14)16-8-6-4-2-1-3-5-7-9-16/h14-18H,1-13,20H2/t14-,15+,17-. The van der Waals surface area contributed by atoms with Crippen LogP contribution in [0.2, 0.25) is 0 Å². The molecule has 0 amide bonds. The zero-order valence-electron chi connectivity index (χ0n) is 13.0. The molecule has 3 fully saturated rings. The maximum Gasteiger partial charge on any atom is 0.0180 e. The van der Waals surface area contributed by atoms with E-state index in [1.807, 2.05) is 0 Å². The van der Waals surface area contributed by atoms with Crippen LogP contribution in [0.15, 0.2) is 0 Å². The molecule has 0 aromatic heterocycles. The zero-order valence-corrected chi connectivity index (χ0v) is 14.2. The predicted octanol–water partition coefficient (Wildman–Crippen LogP) is 3.97. The number of hydrogen-bond donors (Lipinski definition) is 1. The largest absolute Gasteiger partial charge is 0.300 e. The lowest BCUT2D eigenvalue weighted by atomic mass is 9.89. The van der Waals surface area contributed by atoms with Crippen molar-refractivity contribution in [2.24, 2.45) is 11.8 Å². The van der Waals surface area contributed by atoms with Gasteiger partial charge in [-0.15, -0.1) is 0 Å². The summed E-state index contributed by atoms with van der Waals surface area (Å²) in [6.45, 7) is 2.74. The van der Waals surface area contributed by atoms with Crippen LogP contribution >= 0.6 is 9.39 Å². The summed E-state index contributed by atoms with van der Waals surface area (Å²) < 4.78 is 0. The fourth-order valence-electron chi connectivity index (χ4n) is 4.98. The van der Waals surface area contributed by atoms with Crippen LogP contribution in [0.5, 0.6) is 0 Å². The number of likely N-dealkylation sites (tertiary alicyclic amines) is 1. The second-order valence-corrected chi connectivity index (χ2v) is 7.78. The zero-order chi connectivity index (χ0) is 13.8. The highest BCUT2D eigenvalue weighted by atomic mass is 31.0. The lowest BCUT2D eigenvalue weighted by Gasteiger charge is -2.42. The number of rotatable bonds is 2. The van der Waals surface area contributed by atoms with Crippen molar-refractivity contribution >= 4 is 9.39 Å². The minimum atomic E-state index is 0.788. The number of nitrogens with zero attached hydrogens (tertiary/aromatic N) is 1. The first-order valence-corrected chi connectivity index (χ1v) is 9.66. The van der Waals surface area contributed by atoms with Crippen molar-refractivity contribution in [2.75, 3.05) is 13.1 Å². The van der Waals surface area contributed by atoms with Crippen LogP contribution in [0.4, 0.5) is 0 Å². The predicted molar refractivity (Wildman–Crippen MR) is 89.8 cm³/mol. The van der Waals surface area contributed by atoms with Crippen LogP contribution in [-0.4, -0.2) is 30.1 Å². The summed E-state index contributed by atoms with van der Waals surface area (Å²) in [6, 6.07) is 1.69. The van der Waals surface area contributed by atoms with Gasteiger partial charge in [0.1, 0.15) is 0 Å². The Labute approximate surface area is 127 Å². The maximum absolute atomic E-state index is 3.52. The third kappa shape index (κ3) is 3.57. The van der Waals surface area contributed by atoms with Crippen LogP contribution in [0.25, 0.3) is 0 Å². The molecule has 4 atom stereocenters. The Morgan fingerprint density at radius 3 is 1.70 bits per heavy atom. The van der Waals surface area contributed by atoms with E-state index in [1.165, 1.54) is 83.7 Å². The Bertz CT molecular complexity index is 273. The fourth-order valence-corrected chi connectivity index (χ4v) is 5.53. The van der Waals surface area contributed by atoms with Crippen molar-refractivity contribution in [3.63, 3.8) is 0 Å². The van der Waals surface area contributed by atoms with E-state index >= 15 is 0 Å². The average molecular weight is 296 g/mol. The Kier molecular flexibility index (Phi) is 5.77. The molecule has 1 saturated heterocycles. The van der Waals surface area contributed by atoms with E-state index in [9.17, 15) is 0 Å². The molecule has 2 aliphatic carbocycles. The monoisotopic (exact) mass is 296 g/mol. The summed E-state index contributed by atoms with van der Waals surface area (Å²) in [6.07, 6.45) is 16.2. The third-order valence-corrected chi connectivity index (χ3v) is 6.53. The Balaban J connectivity index is 1.57. The SMILES string of the molecule is PN[C@@H]1[C@@H]2CC[C@H]1CN(C1CCCCCCCCC1)C2. The highest BCUT2D eigenvalue weighted by molar-refractivity contribution is 7.13. The Morgan fingerprint density at radius 2 is 1.20 bits per heavy atom. The van der Waals surface area contributed by atoms with Crippen LogP contribution in [0.3, 0.4) is 0 Å². The molecule has 20 heavy (non-hydrogen) atoms. The first kappa shape index (κ1) is 15.3. The van der Waals surface area contributed by atoms with Gasteiger partial charge >= 0.3 is 0 Å². The molecule has 1 N–H and O–H groups in total. The van der Waals surface area contributed by atoms with E-state index in [2.05, 4.69) is 19.4 Å². The Morgan fingerprint density at radius 1 is 0.700 bits per heavy atom. The minimum absolute atomic E-state index is 0.788. The van der Waals surface area contributed by atoms with Gasteiger partial charge < -0.3 is 0 Å². The van der Waals surface area contributed by atoms with E-state index in [1.54, 1.807) is 0 Å². The van der Waals surface area contributed by atoms with E-state index < -0.39 is 0 Å². The summed E-state index contributed by atoms with van der Waals surface area (Å²) >= 11 is 0. The molecule has 1 unspecified atom stereocenters. The maximum atomic E-state index is 3.52. The van der Waals surface area contributed by atoms with Crippen LogP contribution in [-0.2, 0) is 0 Å². The quantitative estimate of drug-likeness (QED) is 0.776. The second kappa shape index (κ2) is 7.56. The van der Waals surface area contributed by atoms with Crippen molar-refractivity contribution in [2.45, 2.75) is 82.7 Å². The average Bonchev–Trinajstić information content (AvgIpc) is 2.73. The molecule has 2 bridgehead atoms. The molecular formula is C17H33N2P. The first-order chi connectivity index (χ1) is 9.88. The van der Waals surface area contributed by atoms with Crippen LogP contribution in [0.1, 0.15) is 70.6 Å². The van der Waals surface area contributed by atoms with Gasteiger partial charge in [0.2, 0.25) is 0 Å². The third-order valence-electron chi connectivity index (χ3n) is 6.15. The molecule has 3 heteroatoms. The summed E-state index contributed by atoms with van der Waals surface area (Å²) in [5.41, 5.74) is 0. The van der Waals surface area contributed by atoms with Gasteiger partial charge in [0.05, 0.1) is 0 Å². The lowest BCUT2D eigenvalue weighted by molar-refractivity contribution is 0.0843. The van der Waals surface area contributed by atoms with Gasteiger partial charge in [-0.25, -0.2) is 0 Å². The van der Waals surface area contributed by atoms with Gasteiger partial charge in [0.25, 0.3) is 0 Å². The molecule has 2 nitrogen and oxygen atoms in total. The smallest absolute Gasteiger partial charge is 0.0180 e. The van der Waals surface area contributed by atoms with Gasteiger partial charge in [0.15, 0.2) is 0 Å². The molecule has 3 rings (SSSR count). The van der Waals surface area contributed by atoms with Gasteiger partial charge in [-0.2, -0.15) is 0 Å². The van der Waals surface area contributed by atoms with E-state index in [4.69, 9.17) is 0 Å². The van der Waals surface area contributed by atoms with Crippen molar-refractivity contribution in [1.29, 1.82) is 0 Å². The van der Waals surface area contributed by atoms with Crippen LogP contribution < -0.4 is 5.09 Å². The highest BCUT2D eigenvalue weighted by Crippen LogP contribution is 2.39. The fraction of sp³-hybridized carbons (Fsp3) is 1.00. The lowest BCUT2D eigenvalue weighted by Crippen LogP contribution is -2.52. The molecule has 0 radical (unpaired) electrons. The summed E-state index contributed by atoms with van der Waals surface area (Å²) in [5.74, 6) is 1.84. The van der Waals surface area contributed by atoms with E-state index in [0.717, 1.165) is 23.9 Å². The van der Waals surface area contributed by atoms with Gasteiger partial charge in [-0.05, 0) is 37.5 Å². The second-order valence-electron chi connectivity index (χ2n) is 7.45. The molecule has 1 heterocycles. The summed E-state index contributed by atoms with van der Waals surface area (Å²) in [7, 11) is 2.77. The molecule has 1 aliphatic heterocycles. The van der Waals surface area contributed by atoms with Crippen LogP contribution in [0, 0.1) is 11.8 Å². The molecule has 0 aromatic carbocycles. The molecule has 3 aliphatic rings. The van der Waals surface area contributed by atoms with E-state index in [0.29, 0.717) is 0 Å². The topological polar surface area (TPSA) is 15.3 Å². The van der Waals surface area contributed by atoms with Crippen molar-refractivity contribution in [3.8, 4) is 0 Å². The van der Waals surface area contributed by atoms with E-state index in [-0.39, 0.29) is 0 Å². The minimum Gasteiger partial charge on any atom is -0.300 e. The van der Waals surface area contributed by atoms with Crippen molar-refractivity contribution in [3.05, 3.63) is 0 Å². The number of fused-ring (bicyclic) bond motifs is 2. The highest BCUT2D eigenvalue weighted by Gasteiger charge is 2.42. The molecule has 0 aromatic rings. The normalized spacial score (nSPS) is 38.0. The molecular weight excluding hydrogens is 263 g/mol. The van der Waals surface area contributed by atoms with Crippen molar-refractivity contribution < 1.29 is 0 Å². The summed E-state index contributed by atoms with van der Waals surface area (Å²) in [5, 5.41) is 3.52. The van der Waals surface area contributed by atoms with Gasteiger partial charge in [-0.3, -0.25) is 9.99 Å².